The molecule has 0 aliphatic carbocycles. The fourth-order valence-corrected chi connectivity index (χ4v) is 3.79. The highest BCUT2D eigenvalue weighted by molar-refractivity contribution is 9.11. The highest BCUT2D eigenvalue weighted by Crippen LogP contribution is 2.36. The maximum atomic E-state index is 5.29. The maximum Gasteiger partial charge on any atom is 0.118 e. The summed E-state index contributed by atoms with van der Waals surface area (Å²) in [5.41, 5.74) is 5.15. The van der Waals surface area contributed by atoms with E-state index in [9.17, 15) is 0 Å². The Morgan fingerprint density at radius 3 is 1.25 bits per heavy atom. The minimum atomic E-state index is 0.799. The van der Waals surface area contributed by atoms with Gasteiger partial charge in [-0.15, -0.1) is 0 Å². The van der Waals surface area contributed by atoms with Crippen molar-refractivity contribution in [1.29, 1.82) is 0 Å². The first-order valence-electron chi connectivity index (χ1n) is 8.55. The summed E-state index contributed by atoms with van der Waals surface area (Å²) in [5, 5.41) is 0. The highest BCUT2D eigenvalue weighted by atomic mass is 79.9. The number of hydrogen-bond donors (Lipinski definition) is 0. The largest absolute Gasteiger partial charge is 0.497 e. The van der Waals surface area contributed by atoms with Gasteiger partial charge in [-0.25, -0.2) is 9.97 Å². The lowest BCUT2D eigenvalue weighted by Crippen LogP contribution is -1.97. The summed E-state index contributed by atoms with van der Waals surface area (Å²) in [4.78, 5) is 9.94. The van der Waals surface area contributed by atoms with E-state index in [4.69, 9.17) is 19.4 Å². The van der Waals surface area contributed by atoms with E-state index in [1.807, 2.05) is 60.7 Å². The molecule has 0 saturated carbocycles. The summed E-state index contributed by atoms with van der Waals surface area (Å²) in [6.45, 7) is 0. The average Bonchev–Trinajstić information content (AvgIpc) is 2.76. The van der Waals surface area contributed by atoms with E-state index < -0.39 is 0 Å². The van der Waals surface area contributed by atoms with Crippen LogP contribution >= 0.6 is 31.9 Å². The molecular weight excluding hydrogens is 484 g/mol. The fourth-order valence-electron chi connectivity index (χ4n) is 2.97. The SMILES string of the molecule is COc1ccc(-c2nc3c(Br)ccc(Br)c3nc2-c2ccc(OC)cc2)cc1. The molecule has 0 bridgehead atoms. The van der Waals surface area contributed by atoms with Crippen molar-refractivity contribution in [1.82, 2.24) is 9.97 Å². The summed E-state index contributed by atoms with van der Waals surface area (Å²) in [7, 11) is 3.31. The topological polar surface area (TPSA) is 44.2 Å². The van der Waals surface area contributed by atoms with Crippen LogP contribution in [0.1, 0.15) is 0 Å². The first kappa shape index (κ1) is 18.9. The predicted octanol–water partition coefficient (Wildman–Crippen LogP) is 6.51. The van der Waals surface area contributed by atoms with Gasteiger partial charge >= 0.3 is 0 Å². The van der Waals surface area contributed by atoms with Crippen LogP contribution in [0.15, 0.2) is 69.6 Å². The van der Waals surface area contributed by atoms with E-state index in [1.54, 1.807) is 14.2 Å². The lowest BCUT2D eigenvalue weighted by atomic mass is 10.0. The van der Waals surface area contributed by atoms with E-state index in [1.165, 1.54) is 0 Å². The molecule has 0 radical (unpaired) electrons. The van der Waals surface area contributed by atoms with E-state index in [0.29, 0.717) is 0 Å². The third-order valence-corrected chi connectivity index (χ3v) is 5.73. The Morgan fingerprint density at radius 1 is 0.571 bits per heavy atom. The van der Waals surface area contributed by atoms with Crippen molar-refractivity contribution in [3.8, 4) is 34.0 Å². The van der Waals surface area contributed by atoms with Crippen LogP contribution in [0.5, 0.6) is 11.5 Å². The molecule has 0 aliphatic heterocycles. The maximum absolute atomic E-state index is 5.29. The molecule has 0 spiro atoms. The Hall–Kier alpha value is -2.44. The van der Waals surface area contributed by atoms with Crippen LogP contribution < -0.4 is 9.47 Å². The van der Waals surface area contributed by atoms with Gasteiger partial charge in [0.1, 0.15) is 22.5 Å². The summed E-state index contributed by atoms with van der Waals surface area (Å²) >= 11 is 7.20. The van der Waals surface area contributed by atoms with Gasteiger partial charge in [0, 0.05) is 20.1 Å². The molecule has 6 heteroatoms. The zero-order valence-electron chi connectivity index (χ0n) is 15.2. The standard InChI is InChI=1S/C22H16Br2N2O2/c1-27-15-7-3-13(4-8-15)19-20(14-5-9-16(28-2)10-6-14)26-22-18(24)12-11-17(23)21(22)25-19/h3-12H,1-2H3. The number of halogens is 2. The first-order chi connectivity index (χ1) is 13.6. The molecule has 0 saturated heterocycles. The molecule has 0 atom stereocenters. The quantitative estimate of drug-likeness (QED) is 0.321. The zero-order valence-corrected chi connectivity index (χ0v) is 18.4. The highest BCUT2D eigenvalue weighted by Gasteiger charge is 2.16. The van der Waals surface area contributed by atoms with Gasteiger partial charge in [-0.2, -0.15) is 0 Å². The van der Waals surface area contributed by atoms with Gasteiger partial charge in [-0.3, -0.25) is 0 Å². The summed E-state index contributed by atoms with van der Waals surface area (Å²) in [6.07, 6.45) is 0. The van der Waals surface area contributed by atoms with Crippen molar-refractivity contribution in [3.63, 3.8) is 0 Å². The van der Waals surface area contributed by atoms with E-state index in [-0.39, 0.29) is 0 Å². The van der Waals surface area contributed by atoms with Gasteiger partial charge < -0.3 is 9.47 Å². The molecule has 4 rings (SSSR count). The third-order valence-electron chi connectivity index (χ3n) is 4.45. The van der Waals surface area contributed by atoms with Crippen LogP contribution in [-0.4, -0.2) is 24.2 Å². The number of methoxy groups -OCH3 is 2. The number of nitrogens with zero attached hydrogens (tertiary/aromatic N) is 2. The number of fused-ring (bicyclic) bond motifs is 1. The molecule has 1 aromatic heterocycles. The molecule has 0 N–H and O–H groups in total. The van der Waals surface area contributed by atoms with Gasteiger partial charge in [0.2, 0.25) is 0 Å². The number of hydrogen-bond acceptors (Lipinski definition) is 4. The van der Waals surface area contributed by atoms with Crippen LogP contribution in [0.3, 0.4) is 0 Å². The molecule has 1 heterocycles. The summed E-state index contributed by atoms with van der Waals surface area (Å²) in [6, 6.07) is 19.6. The van der Waals surface area contributed by atoms with Crippen LogP contribution in [-0.2, 0) is 0 Å². The van der Waals surface area contributed by atoms with Crippen LogP contribution in [0.25, 0.3) is 33.5 Å². The molecule has 140 valence electrons. The van der Waals surface area contributed by atoms with E-state index in [2.05, 4.69) is 31.9 Å². The summed E-state index contributed by atoms with van der Waals surface area (Å²) < 4.78 is 12.4. The molecule has 0 aliphatic rings. The molecule has 4 aromatic rings. The molecule has 28 heavy (non-hydrogen) atoms. The van der Waals surface area contributed by atoms with Gasteiger partial charge in [-0.1, -0.05) is 0 Å². The van der Waals surface area contributed by atoms with E-state index in [0.717, 1.165) is 54.0 Å². The van der Waals surface area contributed by atoms with Gasteiger partial charge in [0.15, 0.2) is 0 Å². The Kier molecular flexibility index (Phi) is 5.33. The van der Waals surface area contributed by atoms with Crippen LogP contribution in [0, 0.1) is 0 Å². The van der Waals surface area contributed by atoms with Crippen molar-refractivity contribution in [2.45, 2.75) is 0 Å². The third kappa shape index (κ3) is 3.50. The Labute approximate surface area is 179 Å². The van der Waals surface area contributed by atoms with Gasteiger partial charge in [0.05, 0.1) is 25.6 Å². The second-order valence-electron chi connectivity index (χ2n) is 6.10. The normalized spacial score (nSPS) is 10.9. The van der Waals surface area contributed by atoms with Gasteiger partial charge in [0.25, 0.3) is 0 Å². The van der Waals surface area contributed by atoms with E-state index >= 15 is 0 Å². The lowest BCUT2D eigenvalue weighted by Gasteiger charge is -2.13. The van der Waals surface area contributed by atoms with Crippen molar-refractivity contribution in [2.75, 3.05) is 14.2 Å². The minimum absolute atomic E-state index is 0.799. The molecule has 3 aromatic carbocycles. The lowest BCUT2D eigenvalue weighted by molar-refractivity contribution is 0.414. The average molecular weight is 500 g/mol. The molecular formula is C22H16Br2N2O2. The smallest absolute Gasteiger partial charge is 0.118 e. The monoisotopic (exact) mass is 498 g/mol. The summed E-state index contributed by atoms with van der Waals surface area (Å²) in [5.74, 6) is 1.60. The van der Waals surface area contributed by atoms with Crippen molar-refractivity contribution >= 4 is 42.9 Å². The molecule has 4 nitrogen and oxygen atoms in total. The number of aromatic nitrogens is 2. The number of ether oxygens (including phenoxy) is 2. The van der Waals surface area contributed by atoms with Gasteiger partial charge in [-0.05, 0) is 92.5 Å². The Morgan fingerprint density at radius 2 is 0.929 bits per heavy atom. The number of rotatable bonds is 4. The zero-order chi connectivity index (χ0) is 19.7. The first-order valence-corrected chi connectivity index (χ1v) is 10.1. The minimum Gasteiger partial charge on any atom is -0.497 e. The van der Waals surface area contributed by atoms with Crippen molar-refractivity contribution in [3.05, 3.63) is 69.6 Å². The second kappa shape index (κ2) is 7.89. The van der Waals surface area contributed by atoms with Crippen molar-refractivity contribution < 1.29 is 9.47 Å². The molecule has 0 unspecified atom stereocenters. The molecule has 0 fully saturated rings. The Bertz CT molecular complexity index is 1050. The van der Waals surface area contributed by atoms with Crippen molar-refractivity contribution in [2.24, 2.45) is 0 Å². The predicted molar refractivity (Wildman–Crippen MR) is 119 cm³/mol. The fraction of sp³-hybridized carbons (Fsp3) is 0.0909. The number of benzene rings is 3. The van der Waals surface area contributed by atoms with Crippen LogP contribution in [0.2, 0.25) is 0 Å². The molecule has 0 amide bonds. The Balaban J connectivity index is 1.99. The van der Waals surface area contributed by atoms with Crippen LogP contribution in [0.4, 0.5) is 0 Å². The second-order valence-corrected chi connectivity index (χ2v) is 7.81.